The number of carbonyl (C=O) groups excluding carboxylic acids is 2. The summed E-state index contributed by atoms with van der Waals surface area (Å²) < 4.78 is 5.47. The van der Waals surface area contributed by atoms with Crippen LogP contribution in [-0.2, 0) is 17.8 Å². The van der Waals surface area contributed by atoms with Crippen molar-refractivity contribution in [1.82, 2.24) is 15.2 Å². The highest BCUT2D eigenvalue weighted by atomic mass is 16.3. The average molecular weight is 389 g/mol. The first-order valence-electron chi connectivity index (χ1n) is 9.84. The van der Waals surface area contributed by atoms with Crippen molar-refractivity contribution in [2.24, 2.45) is 0 Å². The average Bonchev–Trinajstić information content (AvgIpc) is 3.45. The third-order valence-electron chi connectivity index (χ3n) is 5.00. The lowest BCUT2D eigenvalue weighted by Crippen LogP contribution is -2.27. The van der Waals surface area contributed by atoms with Crippen LogP contribution in [0.5, 0.6) is 0 Å². The lowest BCUT2D eigenvalue weighted by atomic mass is 10.1. The molecule has 4 rings (SSSR count). The Labute approximate surface area is 169 Å². The minimum absolute atomic E-state index is 0.0818. The number of oxazole rings is 1. The number of carbonyl (C=O) groups is 2. The molecule has 1 aromatic heterocycles. The first-order valence-corrected chi connectivity index (χ1v) is 9.84. The molecule has 6 heteroatoms. The Bertz CT molecular complexity index is 974. The number of rotatable bonds is 6. The maximum Gasteiger partial charge on any atom is 0.253 e. The molecule has 29 heavy (non-hydrogen) atoms. The van der Waals surface area contributed by atoms with Crippen molar-refractivity contribution in [2.45, 2.75) is 25.8 Å². The predicted molar refractivity (Wildman–Crippen MR) is 109 cm³/mol. The Balaban J connectivity index is 1.28. The Kier molecular flexibility index (Phi) is 5.70. The molecule has 0 saturated carbocycles. The molecule has 0 aliphatic carbocycles. The number of likely N-dealkylation sites (tertiary alicyclic amines) is 1. The fourth-order valence-electron chi connectivity index (χ4n) is 3.40. The fraction of sp³-hybridized carbons (Fsp3) is 0.261. The molecule has 0 bridgehead atoms. The molecule has 2 amide bonds. The number of amides is 2. The van der Waals surface area contributed by atoms with Crippen molar-refractivity contribution in [3.05, 3.63) is 77.7 Å². The molecule has 2 aromatic carbocycles. The van der Waals surface area contributed by atoms with E-state index in [0.717, 1.165) is 37.1 Å². The SMILES string of the molecule is O=C(Cc1coc(-c2ccccc2)n1)NCc1ccc(C(=O)N2CCCC2)cc1. The van der Waals surface area contributed by atoms with Crippen molar-refractivity contribution in [2.75, 3.05) is 13.1 Å². The third kappa shape index (κ3) is 4.71. The number of aromatic nitrogens is 1. The zero-order valence-electron chi connectivity index (χ0n) is 16.1. The summed E-state index contributed by atoms with van der Waals surface area (Å²) in [7, 11) is 0. The van der Waals surface area contributed by atoms with Crippen molar-refractivity contribution in [3.8, 4) is 11.5 Å². The van der Waals surface area contributed by atoms with Gasteiger partial charge in [0.1, 0.15) is 6.26 Å². The molecule has 0 spiro atoms. The van der Waals surface area contributed by atoms with Crippen LogP contribution in [0, 0.1) is 0 Å². The van der Waals surface area contributed by atoms with E-state index in [-0.39, 0.29) is 18.2 Å². The Morgan fingerprint density at radius 3 is 2.45 bits per heavy atom. The molecule has 0 unspecified atom stereocenters. The molecule has 3 aromatic rings. The minimum Gasteiger partial charge on any atom is -0.444 e. The quantitative estimate of drug-likeness (QED) is 0.701. The Hall–Kier alpha value is -3.41. The van der Waals surface area contributed by atoms with Crippen LogP contribution in [0.2, 0.25) is 0 Å². The van der Waals surface area contributed by atoms with Gasteiger partial charge in [0.25, 0.3) is 5.91 Å². The second-order valence-corrected chi connectivity index (χ2v) is 7.16. The number of nitrogens with one attached hydrogen (secondary N) is 1. The van der Waals surface area contributed by atoms with Gasteiger partial charge in [-0.3, -0.25) is 9.59 Å². The third-order valence-corrected chi connectivity index (χ3v) is 5.00. The first-order chi connectivity index (χ1) is 14.2. The van der Waals surface area contributed by atoms with E-state index in [9.17, 15) is 9.59 Å². The van der Waals surface area contributed by atoms with Gasteiger partial charge in [0, 0.05) is 30.8 Å². The van der Waals surface area contributed by atoms with Gasteiger partial charge >= 0.3 is 0 Å². The maximum absolute atomic E-state index is 12.4. The van der Waals surface area contributed by atoms with E-state index in [4.69, 9.17) is 4.42 Å². The summed E-state index contributed by atoms with van der Waals surface area (Å²) in [6.07, 6.45) is 3.82. The summed E-state index contributed by atoms with van der Waals surface area (Å²) in [5.41, 5.74) is 3.11. The minimum atomic E-state index is -0.130. The zero-order valence-corrected chi connectivity index (χ0v) is 16.1. The second-order valence-electron chi connectivity index (χ2n) is 7.16. The van der Waals surface area contributed by atoms with Crippen LogP contribution < -0.4 is 5.32 Å². The molecule has 0 atom stereocenters. The highest BCUT2D eigenvalue weighted by Gasteiger charge is 2.19. The number of nitrogens with zero attached hydrogens (tertiary/aromatic N) is 2. The molecular weight excluding hydrogens is 366 g/mol. The van der Waals surface area contributed by atoms with Gasteiger partial charge in [-0.2, -0.15) is 0 Å². The van der Waals surface area contributed by atoms with Crippen molar-refractivity contribution < 1.29 is 14.0 Å². The molecule has 148 valence electrons. The molecule has 1 saturated heterocycles. The molecule has 1 aliphatic heterocycles. The van der Waals surface area contributed by atoms with Gasteiger partial charge in [0.2, 0.25) is 11.8 Å². The van der Waals surface area contributed by atoms with Gasteiger partial charge in [0.15, 0.2) is 0 Å². The van der Waals surface area contributed by atoms with E-state index < -0.39 is 0 Å². The molecule has 1 fully saturated rings. The Morgan fingerprint density at radius 1 is 1.00 bits per heavy atom. The van der Waals surface area contributed by atoms with Crippen LogP contribution in [0.15, 0.2) is 65.3 Å². The summed E-state index contributed by atoms with van der Waals surface area (Å²) in [5.74, 6) is 0.458. The molecular formula is C23H23N3O3. The van der Waals surface area contributed by atoms with E-state index in [1.165, 1.54) is 6.26 Å². The fourth-order valence-corrected chi connectivity index (χ4v) is 3.40. The van der Waals surface area contributed by atoms with Gasteiger partial charge < -0.3 is 14.6 Å². The van der Waals surface area contributed by atoms with Crippen molar-refractivity contribution in [3.63, 3.8) is 0 Å². The van der Waals surface area contributed by atoms with Gasteiger partial charge in [0.05, 0.1) is 12.1 Å². The van der Waals surface area contributed by atoms with Gasteiger partial charge in [-0.1, -0.05) is 30.3 Å². The maximum atomic E-state index is 12.4. The van der Waals surface area contributed by atoms with Crippen molar-refractivity contribution in [1.29, 1.82) is 0 Å². The monoisotopic (exact) mass is 389 g/mol. The first kappa shape index (κ1) is 18.9. The molecule has 1 aliphatic rings. The van der Waals surface area contributed by atoms with Crippen LogP contribution in [0.1, 0.15) is 34.5 Å². The zero-order chi connectivity index (χ0) is 20.1. The smallest absolute Gasteiger partial charge is 0.253 e. The predicted octanol–water partition coefficient (Wildman–Crippen LogP) is 3.44. The summed E-state index contributed by atoms with van der Waals surface area (Å²) in [4.78, 5) is 30.9. The summed E-state index contributed by atoms with van der Waals surface area (Å²) in [6, 6.07) is 17.0. The van der Waals surface area contributed by atoms with E-state index >= 15 is 0 Å². The van der Waals surface area contributed by atoms with Gasteiger partial charge in [-0.15, -0.1) is 0 Å². The lowest BCUT2D eigenvalue weighted by Gasteiger charge is -2.15. The number of hydrogen-bond donors (Lipinski definition) is 1. The topological polar surface area (TPSA) is 75.4 Å². The number of hydrogen-bond acceptors (Lipinski definition) is 4. The molecule has 0 radical (unpaired) electrons. The van der Waals surface area contributed by atoms with Gasteiger partial charge in [-0.25, -0.2) is 4.98 Å². The van der Waals surface area contributed by atoms with Crippen LogP contribution in [0.3, 0.4) is 0 Å². The summed E-state index contributed by atoms with van der Waals surface area (Å²) in [6.45, 7) is 2.08. The number of benzene rings is 2. The summed E-state index contributed by atoms with van der Waals surface area (Å²) in [5, 5.41) is 2.88. The largest absolute Gasteiger partial charge is 0.444 e. The highest BCUT2D eigenvalue weighted by molar-refractivity contribution is 5.94. The van der Waals surface area contributed by atoms with E-state index in [1.807, 2.05) is 59.5 Å². The van der Waals surface area contributed by atoms with E-state index in [0.29, 0.717) is 23.7 Å². The highest BCUT2D eigenvalue weighted by Crippen LogP contribution is 2.18. The standard InChI is InChI=1S/C23H23N3O3/c27-21(14-20-16-29-22(25-20)18-6-2-1-3-7-18)24-15-17-8-10-19(11-9-17)23(28)26-12-4-5-13-26/h1-3,6-11,16H,4-5,12-15H2,(H,24,27). The van der Waals surface area contributed by atoms with Gasteiger partial charge in [-0.05, 0) is 42.7 Å². The normalized spacial score (nSPS) is 13.4. The summed E-state index contributed by atoms with van der Waals surface area (Å²) >= 11 is 0. The van der Waals surface area contributed by atoms with Crippen LogP contribution >= 0.6 is 0 Å². The molecule has 6 nitrogen and oxygen atoms in total. The van der Waals surface area contributed by atoms with Crippen LogP contribution in [0.25, 0.3) is 11.5 Å². The molecule has 1 N–H and O–H groups in total. The van der Waals surface area contributed by atoms with E-state index in [2.05, 4.69) is 10.3 Å². The van der Waals surface area contributed by atoms with Crippen LogP contribution in [0.4, 0.5) is 0 Å². The lowest BCUT2D eigenvalue weighted by molar-refractivity contribution is -0.120. The Morgan fingerprint density at radius 2 is 1.72 bits per heavy atom. The second kappa shape index (κ2) is 8.73. The molecule has 2 heterocycles. The van der Waals surface area contributed by atoms with E-state index in [1.54, 1.807) is 0 Å². The van der Waals surface area contributed by atoms with Crippen LogP contribution in [-0.4, -0.2) is 34.8 Å². The van der Waals surface area contributed by atoms with Crippen molar-refractivity contribution >= 4 is 11.8 Å².